The molecule has 23 heavy (non-hydrogen) atoms. The first kappa shape index (κ1) is 14.8. The molecule has 4 rings (SSSR count). The second kappa shape index (κ2) is 6.03. The van der Waals surface area contributed by atoms with Crippen LogP contribution in [0.25, 0.3) is 0 Å². The molecule has 3 heterocycles. The minimum absolute atomic E-state index is 0.769. The summed E-state index contributed by atoms with van der Waals surface area (Å²) >= 11 is 0. The molecule has 2 aromatic heterocycles. The van der Waals surface area contributed by atoms with E-state index >= 15 is 0 Å². The summed E-state index contributed by atoms with van der Waals surface area (Å²) in [5.74, 6) is 0.769. The van der Waals surface area contributed by atoms with Gasteiger partial charge in [0.1, 0.15) is 0 Å². The zero-order chi connectivity index (χ0) is 15.8. The molecule has 0 unspecified atom stereocenters. The van der Waals surface area contributed by atoms with Crippen molar-refractivity contribution in [1.82, 2.24) is 9.97 Å². The molecule has 1 aliphatic heterocycles. The minimum atomic E-state index is 0.769. The Morgan fingerprint density at radius 2 is 1.96 bits per heavy atom. The smallest absolute Gasteiger partial charge is 0.0585 e. The first-order valence-corrected chi connectivity index (χ1v) is 9.09. The van der Waals surface area contributed by atoms with Gasteiger partial charge in [0.2, 0.25) is 0 Å². The van der Waals surface area contributed by atoms with E-state index in [4.69, 9.17) is 0 Å². The van der Waals surface area contributed by atoms with Crippen molar-refractivity contribution in [2.75, 3.05) is 11.4 Å². The van der Waals surface area contributed by atoms with Crippen LogP contribution in [0.1, 0.15) is 66.2 Å². The minimum Gasteiger partial charge on any atom is -0.365 e. The molecule has 1 N–H and O–H groups in total. The van der Waals surface area contributed by atoms with Crippen LogP contribution in [0.2, 0.25) is 0 Å². The number of H-pyrrole nitrogens is 1. The van der Waals surface area contributed by atoms with Crippen molar-refractivity contribution in [1.29, 1.82) is 0 Å². The summed E-state index contributed by atoms with van der Waals surface area (Å²) in [6.45, 7) is 6.37. The monoisotopic (exact) mass is 309 g/mol. The van der Waals surface area contributed by atoms with Crippen molar-refractivity contribution in [3.05, 3.63) is 46.5 Å². The highest BCUT2D eigenvalue weighted by atomic mass is 15.1. The van der Waals surface area contributed by atoms with Gasteiger partial charge in [0.05, 0.1) is 11.9 Å². The van der Waals surface area contributed by atoms with Crippen molar-refractivity contribution in [2.45, 2.75) is 64.8 Å². The lowest BCUT2D eigenvalue weighted by Crippen LogP contribution is -2.30. The third kappa shape index (κ3) is 2.89. The number of aromatic nitrogens is 2. The van der Waals surface area contributed by atoms with Gasteiger partial charge in [-0.1, -0.05) is 19.3 Å². The van der Waals surface area contributed by atoms with E-state index in [1.165, 1.54) is 60.3 Å². The van der Waals surface area contributed by atoms with E-state index in [1.54, 1.807) is 0 Å². The van der Waals surface area contributed by atoms with Gasteiger partial charge in [0.25, 0.3) is 0 Å². The number of fused-ring (bicyclic) bond motifs is 1. The Morgan fingerprint density at radius 3 is 2.74 bits per heavy atom. The lowest BCUT2D eigenvalue weighted by atomic mass is 9.87. The number of aromatic amines is 1. The second-order valence-corrected chi connectivity index (χ2v) is 7.35. The number of hydrogen-bond acceptors (Lipinski definition) is 2. The maximum absolute atomic E-state index is 4.50. The molecule has 0 spiro atoms. The number of aryl methyl sites for hydroxylation is 2. The number of hydrogen-bond donors (Lipinski definition) is 1. The molecule has 1 aliphatic carbocycles. The molecule has 0 radical (unpaired) electrons. The standard InChI is InChI=1S/C20H27N3/c1-14-10-15(2)21-12-20(14)23-9-8-18-17(13-23)11-19(22-18)16-6-4-3-5-7-16/h10-12,16,22H,3-9,13H2,1-2H3. The zero-order valence-electron chi connectivity index (χ0n) is 14.4. The topological polar surface area (TPSA) is 31.9 Å². The van der Waals surface area contributed by atoms with Crippen LogP contribution < -0.4 is 4.90 Å². The second-order valence-electron chi connectivity index (χ2n) is 7.35. The Hall–Kier alpha value is -1.77. The normalized spacial score (nSPS) is 19.0. The Labute approximate surface area is 139 Å². The van der Waals surface area contributed by atoms with Gasteiger partial charge in [-0.3, -0.25) is 4.98 Å². The van der Waals surface area contributed by atoms with Crippen LogP contribution in [0.3, 0.4) is 0 Å². The molecule has 3 nitrogen and oxygen atoms in total. The summed E-state index contributed by atoms with van der Waals surface area (Å²) in [4.78, 5) is 10.7. The zero-order valence-corrected chi connectivity index (χ0v) is 14.4. The van der Waals surface area contributed by atoms with Gasteiger partial charge < -0.3 is 9.88 Å². The van der Waals surface area contributed by atoms with Crippen LogP contribution in [-0.4, -0.2) is 16.5 Å². The summed E-state index contributed by atoms with van der Waals surface area (Å²) in [6.07, 6.45) is 10.1. The predicted molar refractivity (Wildman–Crippen MR) is 95.1 cm³/mol. The molecule has 3 heteroatoms. The lowest BCUT2D eigenvalue weighted by Gasteiger charge is -2.30. The first-order chi connectivity index (χ1) is 11.2. The summed E-state index contributed by atoms with van der Waals surface area (Å²) < 4.78 is 0. The maximum atomic E-state index is 4.50. The molecular formula is C20H27N3. The van der Waals surface area contributed by atoms with Crippen molar-refractivity contribution >= 4 is 5.69 Å². The predicted octanol–water partition coefficient (Wildman–Crippen LogP) is 4.64. The molecule has 0 atom stereocenters. The quantitative estimate of drug-likeness (QED) is 0.876. The fourth-order valence-corrected chi connectivity index (χ4v) is 4.32. The molecule has 122 valence electrons. The summed E-state index contributed by atoms with van der Waals surface area (Å²) in [5.41, 5.74) is 8.20. The average Bonchev–Trinajstić information content (AvgIpc) is 2.99. The molecule has 1 saturated carbocycles. The van der Waals surface area contributed by atoms with E-state index in [2.05, 4.69) is 40.8 Å². The highest BCUT2D eigenvalue weighted by Gasteiger charge is 2.23. The number of nitrogens with one attached hydrogen (secondary N) is 1. The van der Waals surface area contributed by atoms with E-state index in [1.807, 2.05) is 6.20 Å². The molecular weight excluding hydrogens is 282 g/mol. The molecule has 1 fully saturated rings. The largest absolute Gasteiger partial charge is 0.365 e. The van der Waals surface area contributed by atoms with Crippen molar-refractivity contribution in [3.63, 3.8) is 0 Å². The van der Waals surface area contributed by atoms with Gasteiger partial charge in [-0.15, -0.1) is 0 Å². The van der Waals surface area contributed by atoms with Crippen molar-refractivity contribution in [3.8, 4) is 0 Å². The third-order valence-corrected chi connectivity index (χ3v) is 5.61. The fraction of sp³-hybridized carbons (Fsp3) is 0.550. The van der Waals surface area contributed by atoms with Gasteiger partial charge in [-0.25, -0.2) is 0 Å². The van der Waals surface area contributed by atoms with E-state index in [0.29, 0.717) is 0 Å². The Balaban J connectivity index is 1.56. The molecule has 0 bridgehead atoms. The Bertz CT molecular complexity index is 695. The van der Waals surface area contributed by atoms with Crippen LogP contribution in [0.15, 0.2) is 18.3 Å². The third-order valence-electron chi connectivity index (χ3n) is 5.61. The van der Waals surface area contributed by atoms with Gasteiger partial charge >= 0.3 is 0 Å². The summed E-state index contributed by atoms with van der Waals surface area (Å²) in [6, 6.07) is 4.64. The Morgan fingerprint density at radius 1 is 1.13 bits per heavy atom. The van der Waals surface area contributed by atoms with Gasteiger partial charge in [-0.05, 0) is 55.9 Å². The summed E-state index contributed by atoms with van der Waals surface area (Å²) in [5, 5.41) is 0. The lowest BCUT2D eigenvalue weighted by molar-refractivity contribution is 0.437. The van der Waals surface area contributed by atoms with Crippen LogP contribution in [0, 0.1) is 13.8 Å². The first-order valence-electron chi connectivity index (χ1n) is 9.09. The van der Waals surface area contributed by atoms with Crippen molar-refractivity contribution in [2.24, 2.45) is 0 Å². The van der Waals surface area contributed by atoms with E-state index in [9.17, 15) is 0 Å². The number of anilines is 1. The van der Waals surface area contributed by atoms with E-state index < -0.39 is 0 Å². The average molecular weight is 309 g/mol. The molecule has 2 aliphatic rings. The van der Waals surface area contributed by atoms with Crippen molar-refractivity contribution < 1.29 is 0 Å². The fourth-order valence-electron chi connectivity index (χ4n) is 4.32. The Kier molecular flexibility index (Phi) is 3.88. The van der Waals surface area contributed by atoms with Gasteiger partial charge in [0.15, 0.2) is 0 Å². The van der Waals surface area contributed by atoms with E-state index in [-0.39, 0.29) is 0 Å². The highest BCUT2D eigenvalue weighted by molar-refractivity contribution is 5.54. The van der Waals surface area contributed by atoms with Gasteiger partial charge in [-0.2, -0.15) is 0 Å². The summed E-state index contributed by atoms with van der Waals surface area (Å²) in [7, 11) is 0. The number of rotatable bonds is 2. The van der Waals surface area contributed by atoms with Crippen LogP contribution in [0.5, 0.6) is 0 Å². The highest BCUT2D eigenvalue weighted by Crippen LogP contribution is 2.35. The molecule has 0 aromatic carbocycles. The number of nitrogens with zero attached hydrogens (tertiary/aromatic N) is 2. The molecule has 2 aromatic rings. The maximum Gasteiger partial charge on any atom is 0.0585 e. The van der Waals surface area contributed by atoms with Gasteiger partial charge in [0, 0.05) is 36.6 Å². The molecule has 0 saturated heterocycles. The SMILES string of the molecule is Cc1cc(C)c(N2CCc3[nH]c(C4CCCCC4)cc3C2)cn1. The van der Waals surface area contributed by atoms with Crippen LogP contribution in [0.4, 0.5) is 5.69 Å². The van der Waals surface area contributed by atoms with Crippen LogP contribution >= 0.6 is 0 Å². The van der Waals surface area contributed by atoms with E-state index in [0.717, 1.165) is 31.1 Å². The van der Waals surface area contributed by atoms with Crippen LogP contribution in [-0.2, 0) is 13.0 Å². The number of pyridine rings is 1. The molecule has 0 amide bonds.